The minimum absolute atomic E-state index is 0. The molecule has 0 aromatic heterocycles. The van der Waals surface area contributed by atoms with Gasteiger partial charge in [-0.1, -0.05) is 0 Å². The number of nitrogens with one attached hydrogen (secondary N) is 1. The molecule has 5 nitrogen and oxygen atoms in total. The average Bonchev–Trinajstić information content (AvgIpc) is 1.98. The summed E-state index contributed by atoms with van der Waals surface area (Å²) in [5, 5.41) is 2.31. The largest absolute Gasteiger partial charge is 1.00 e. The molecular weight excluding hydrogens is 191 g/mol. The van der Waals surface area contributed by atoms with E-state index in [1.807, 2.05) is 0 Å². The molecule has 0 saturated heterocycles. The van der Waals surface area contributed by atoms with E-state index in [2.05, 4.69) is 28.7 Å². The number of hydrogen-bond acceptors (Lipinski definition) is 5. The van der Waals surface area contributed by atoms with Crippen molar-refractivity contribution in [1.82, 2.24) is 5.32 Å². The van der Waals surface area contributed by atoms with Crippen LogP contribution in [0.4, 0.5) is 0 Å². The number of carbonyl (C=O) groups excluding carboxylic acids is 2. The molecule has 1 amide bonds. The molecule has 12 heavy (non-hydrogen) atoms. The maximum Gasteiger partial charge on any atom is 1.00 e. The van der Waals surface area contributed by atoms with E-state index in [0.717, 1.165) is 0 Å². The first-order valence-corrected chi connectivity index (χ1v) is 3.53. The van der Waals surface area contributed by atoms with Gasteiger partial charge < -0.3 is 11.6 Å². The third kappa shape index (κ3) is 5.84. The van der Waals surface area contributed by atoms with Gasteiger partial charge in [-0.3, -0.25) is 4.79 Å². The Balaban J connectivity index is -0.000000500. The maximum atomic E-state index is 10.7. The third-order valence-corrected chi connectivity index (χ3v) is 1.33. The van der Waals surface area contributed by atoms with Gasteiger partial charge in [-0.15, -0.1) is 0 Å². The van der Waals surface area contributed by atoms with Crippen LogP contribution in [0.1, 0.15) is 8.35 Å². The Morgan fingerprint density at radius 1 is 1.75 bits per heavy atom. The minimum atomic E-state index is -0.763. The van der Waals surface area contributed by atoms with E-state index in [9.17, 15) is 9.59 Å². The second kappa shape index (κ2) is 7.88. The fourth-order valence-corrected chi connectivity index (χ4v) is 0.747. The van der Waals surface area contributed by atoms with Gasteiger partial charge in [0, 0.05) is 12.7 Å². The zero-order valence-electron chi connectivity index (χ0n) is 8.03. The van der Waals surface area contributed by atoms with Crippen LogP contribution in [0.25, 0.3) is 0 Å². The average molecular weight is 202 g/mol. The molecule has 0 aromatic carbocycles. The maximum absolute atomic E-state index is 10.7. The van der Waals surface area contributed by atoms with Crippen molar-refractivity contribution in [2.24, 2.45) is 5.90 Å². The van der Waals surface area contributed by atoms with Crippen LogP contribution >= 0.6 is 12.6 Å². The molecule has 0 aromatic rings. The zero-order chi connectivity index (χ0) is 8.85. The van der Waals surface area contributed by atoms with Gasteiger partial charge in [-0.25, -0.2) is 4.79 Å². The summed E-state index contributed by atoms with van der Waals surface area (Å²) in [5.41, 5.74) is 0. The van der Waals surface area contributed by atoms with E-state index < -0.39 is 12.0 Å². The SMILES string of the molecule is CC(=O)N[C@@H](CS)C(=O)ON.[H-].[Na+]. The van der Waals surface area contributed by atoms with Crippen molar-refractivity contribution in [1.29, 1.82) is 0 Å². The van der Waals surface area contributed by atoms with Gasteiger partial charge in [0.05, 0.1) is 0 Å². The molecule has 0 bridgehead atoms. The molecular formula is C5H11N2NaO3S. The molecule has 0 fully saturated rings. The van der Waals surface area contributed by atoms with Crippen molar-refractivity contribution in [2.75, 3.05) is 5.75 Å². The first kappa shape index (κ1) is 14.8. The molecule has 0 heterocycles. The quantitative estimate of drug-likeness (QED) is 0.247. The molecule has 0 unspecified atom stereocenters. The van der Waals surface area contributed by atoms with Gasteiger partial charge in [-0.05, 0) is 0 Å². The Bertz CT molecular complexity index is 172. The van der Waals surface area contributed by atoms with Crippen molar-refractivity contribution in [3.05, 3.63) is 0 Å². The second-order valence-electron chi connectivity index (χ2n) is 1.87. The van der Waals surface area contributed by atoms with Crippen molar-refractivity contribution in [3.63, 3.8) is 0 Å². The summed E-state index contributed by atoms with van der Waals surface area (Å²) in [6, 6.07) is -0.763. The first-order chi connectivity index (χ1) is 5.11. The topological polar surface area (TPSA) is 81.4 Å². The summed E-state index contributed by atoms with van der Waals surface area (Å²) < 4.78 is 0. The number of rotatable bonds is 3. The van der Waals surface area contributed by atoms with E-state index in [0.29, 0.717) is 0 Å². The van der Waals surface area contributed by atoms with E-state index in [4.69, 9.17) is 0 Å². The second-order valence-corrected chi connectivity index (χ2v) is 2.24. The predicted octanol–water partition coefficient (Wildman–Crippen LogP) is -4.05. The third-order valence-electron chi connectivity index (χ3n) is 0.961. The number of hydrogen-bond donors (Lipinski definition) is 3. The molecule has 0 radical (unpaired) electrons. The molecule has 1 atom stereocenters. The van der Waals surface area contributed by atoms with Crippen LogP contribution in [0.3, 0.4) is 0 Å². The van der Waals surface area contributed by atoms with Crippen LogP contribution in [0.15, 0.2) is 0 Å². The summed E-state index contributed by atoms with van der Waals surface area (Å²) in [5.74, 6) is 3.73. The van der Waals surface area contributed by atoms with Crippen molar-refractivity contribution < 1.29 is 45.4 Å². The summed E-state index contributed by atoms with van der Waals surface area (Å²) in [6.45, 7) is 1.29. The molecule has 0 aliphatic heterocycles. The summed E-state index contributed by atoms with van der Waals surface area (Å²) in [4.78, 5) is 25.0. The van der Waals surface area contributed by atoms with Gasteiger partial charge in [0.1, 0.15) is 6.04 Å². The van der Waals surface area contributed by atoms with Crippen molar-refractivity contribution >= 4 is 24.5 Å². The zero-order valence-corrected chi connectivity index (χ0v) is 9.93. The van der Waals surface area contributed by atoms with Gasteiger partial charge in [0.15, 0.2) is 0 Å². The first-order valence-electron chi connectivity index (χ1n) is 2.90. The van der Waals surface area contributed by atoms with Gasteiger partial charge in [-0.2, -0.15) is 18.5 Å². The number of carbonyl (C=O) groups is 2. The smallest absolute Gasteiger partial charge is 1.00 e. The van der Waals surface area contributed by atoms with Crippen LogP contribution in [0.2, 0.25) is 0 Å². The summed E-state index contributed by atoms with van der Waals surface area (Å²) >= 11 is 3.81. The van der Waals surface area contributed by atoms with Gasteiger partial charge in [0.25, 0.3) is 0 Å². The van der Waals surface area contributed by atoms with Gasteiger partial charge >= 0.3 is 35.5 Å². The number of nitrogens with two attached hydrogens (primary N) is 1. The van der Waals surface area contributed by atoms with Crippen molar-refractivity contribution in [3.8, 4) is 0 Å². The van der Waals surface area contributed by atoms with Crippen molar-refractivity contribution in [2.45, 2.75) is 13.0 Å². The number of thiol groups is 1. The fraction of sp³-hybridized carbons (Fsp3) is 0.600. The van der Waals surface area contributed by atoms with Crippen LogP contribution in [0.5, 0.6) is 0 Å². The molecule has 0 aliphatic carbocycles. The normalized spacial score (nSPS) is 10.9. The van der Waals surface area contributed by atoms with Crippen LogP contribution in [0, 0.1) is 0 Å². The summed E-state index contributed by atoms with van der Waals surface area (Å²) in [7, 11) is 0. The standard InChI is InChI=1S/C5H10N2O3S.Na.H/c1-3(8)7-4(2-11)5(9)10-6;;/h4,11H,2,6H2,1H3,(H,7,8);;/q;+1;-1/t4-;;/m0../s1. The molecule has 7 heteroatoms. The molecule has 66 valence electrons. The molecule has 0 saturated carbocycles. The Hall–Kier alpha value is 0.250. The van der Waals surface area contributed by atoms with E-state index in [1.165, 1.54) is 6.92 Å². The van der Waals surface area contributed by atoms with Crippen LogP contribution in [-0.2, 0) is 14.4 Å². The Morgan fingerprint density at radius 3 is 2.50 bits per heavy atom. The predicted molar refractivity (Wildman–Crippen MR) is 42.8 cm³/mol. The van der Waals surface area contributed by atoms with Gasteiger partial charge in [0.2, 0.25) is 5.91 Å². The Morgan fingerprint density at radius 2 is 2.25 bits per heavy atom. The number of amides is 1. The summed E-state index contributed by atoms with van der Waals surface area (Å²) in [6.07, 6.45) is 0. The van der Waals surface area contributed by atoms with E-state index >= 15 is 0 Å². The molecule has 0 aliphatic rings. The molecule has 0 rings (SSSR count). The molecule has 0 spiro atoms. The fourth-order valence-electron chi connectivity index (χ4n) is 0.507. The minimum Gasteiger partial charge on any atom is -1.00 e. The van der Waals surface area contributed by atoms with Crippen LogP contribution < -0.4 is 40.8 Å². The monoisotopic (exact) mass is 202 g/mol. The Kier molecular flexibility index (Phi) is 9.69. The van der Waals surface area contributed by atoms with Crippen LogP contribution in [-0.4, -0.2) is 23.7 Å². The van der Waals surface area contributed by atoms with E-state index in [1.54, 1.807) is 0 Å². The van der Waals surface area contributed by atoms with E-state index in [-0.39, 0.29) is 42.6 Å². The Labute approximate surface area is 99.5 Å². The molecule has 3 N–H and O–H groups in total.